The zero-order chi connectivity index (χ0) is 16.1. The molecule has 1 saturated carbocycles. The zero-order valence-electron chi connectivity index (χ0n) is 12.4. The van der Waals surface area contributed by atoms with Gasteiger partial charge in [0, 0.05) is 16.1 Å². The number of nitrogens with one attached hydrogen (secondary N) is 1. The van der Waals surface area contributed by atoms with Gasteiger partial charge in [-0.1, -0.05) is 43.0 Å². The Labute approximate surface area is 140 Å². The maximum absolute atomic E-state index is 11.9. The van der Waals surface area contributed by atoms with Crippen LogP contribution in [0.1, 0.15) is 43.0 Å². The summed E-state index contributed by atoms with van der Waals surface area (Å²) in [4.78, 5) is 23.8. The van der Waals surface area contributed by atoms with E-state index in [9.17, 15) is 9.59 Å². The molecule has 0 aromatic heterocycles. The summed E-state index contributed by atoms with van der Waals surface area (Å²) < 4.78 is 5.01. The summed E-state index contributed by atoms with van der Waals surface area (Å²) in [5, 5.41) is 3.62. The first-order chi connectivity index (χ1) is 10.5. The summed E-state index contributed by atoms with van der Waals surface area (Å²) in [5.41, 5.74) is 0.233. The van der Waals surface area contributed by atoms with Crippen LogP contribution in [0.15, 0.2) is 18.2 Å². The molecule has 1 N–H and O–H groups in total. The van der Waals surface area contributed by atoms with Crippen molar-refractivity contribution in [2.45, 2.75) is 38.6 Å². The minimum absolute atomic E-state index is 0.167. The van der Waals surface area contributed by atoms with Crippen LogP contribution in [0.25, 0.3) is 0 Å². The SMILES string of the molecule is C[C@@H]1CCCC[C@@H]1NC(=O)COC(=O)c1cc(Cl)cc(Cl)c1. The van der Waals surface area contributed by atoms with Gasteiger partial charge in [-0.2, -0.15) is 0 Å². The number of halogens is 2. The molecular weight excluding hydrogens is 325 g/mol. The zero-order valence-corrected chi connectivity index (χ0v) is 13.9. The molecule has 1 aliphatic carbocycles. The molecule has 1 aromatic rings. The molecule has 1 aliphatic rings. The first kappa shape index (κ1) is 17.1. The second-order valence-electron chi connectivity index (χ2n) is 5.67. The maximum atomic E-state index is 11.9. The highest BCUT2D eigenvalue weighted by atomic mass is 35.5. The lowest BCUT2D eigenvalue weighted by Crippen LogP contribution is -2.42. The Morgan fingerprint density at radius 3 is 2.45 bits per heavy atom. The van der Waals surface area contributed by atoms with Crippen molar-refractivity contribution in [3.63, 3.8) is 0 Å². The lowest BCUT2D eigenvalue weighted by molar-refractivity contribution is -0.125. The van der Waals surface area contributed by atoms with Gasteiger partial charge in [-0.3, -0.25) is 4.79 Å². The number of benzene rings is 1. The van der Waals surface area contributed by atoms with Crippen molar-refractivity contribution in [2.75, 3.05) is 6.61 Å². The van der Waals surface area contributed by atoms with Crippen LogP contribution >= 0.6 is 23.2 Å². The van der Waals surface area contributed by atoms with Gasteiger partial charge in [0.1, 0.15) is 0 Å². The van der Waals surface area contributed by atoms with E-state index in [0.717, 1.165) is 19.3 Å². The molecule has 0 saturated heterocycles. The predicted octanol–water partition coefficient (Wildman–Crippen LogP) is 3.85. The Balaban J connectivity index is 1.83. The fraction of sp³-hybridized carbons (Fsp3) is 0.500. The number of hydrogen-bond donors (Lipinski definition) is 1. The number of carbonyl (C=O) groups is 2. The quantitative estimate of drug-likeness (QED) is 0.845. The third-order valence-corrected chi connectivity index (χ3v) is 4.33. The summed E-state index contributed by atoms with van der Waals surface area (Å²) in [5.74, 6) is -0.434. The average molecular weight is 344 g/mol. The van der Waals surface area contributed by atoms with E-state index >= 15 is 0 Å². The maximum Gasteiger partial charge on any atom is 0.338 e. The van der Waals surface area contributed by atoms with Gasteiger partial charge in [0.15, 0.2) is 6.61 Å². The average Bonchev–Trinajstić information content (AvgIpc) is 2.46. The Hall–Kier alpha value is -1.26. The van der Waals surface area contributed by atoms with Crippen LogP contribution in [0.5, 0.6) is 0 Å². The van der Waals surface area contributed by atoms with E-state index in [1.165, 1.54) is 24.6 Å². The van der Waals surface area contributed by atoms with Crippen molar-refractivity contribution >= 4 is 35.1 Å². The van der Waals surface area contributed by atoms with Crippen LogP contribution in [-0.4, -0.2) is 24.5 Å². The molecule has 0 unspecified atom stereocenters. The standard InChI is InChI=1S/C16H19Cl2NO3/c1-10-4-2-3-5-14(10)19-15(20)9-22-16(21)11-6-12(17)8-13(18)7-11/h6-8,10,14H,2-5,9H2,1H3,(H,19,20)/t10-,14+/m1/s1. The Morgan fingerprint density at radius 1 is 1.18 bits per heavy atom. The third kappa shape index (κ3) is 4.89. The molecule has 0 radical (unpaired) electrons. The molecule has 22 heavy (non-hydrogen) atoms. The Bertz CT molecular complexity index is 542. The molecule has 0 aliphatic heterocycles. The fourth-order valence-corrected chi connectivity index (χ4v) is 3.19. The van der Waals surface area contributed by atoms with Crippen LogP contribution < -0.4 is 5.32 Å². The molecular formula is C16H19Cl2NO3. The van der Waals surface area contributed by atoms with Crippen LogP contribution in [-0.2, 0) is 9.53 Å². The summed E-state index contributed by atoms with van der Waals surface area (Å²) in [6.07, 6.45) is 4.42. The van der Waals surface area contributed by atoms with Gasteiger partial charge in [-0.05, 0) is 37.0 Å². The molecule has 2 atom stereocenters. The van der Waals surface area contributed by atoms with Crippen molar-refractivity contribution < 1.29 is 14.3 Å². The van der Waals surface area contributed by atoms with E-state index in [1.807, 2.05) is 0 Å². The Morgan fingerprint density at radius 2 is 1.82 bits per heavy atom. The monoisotopic (exact) mass is 343 g/mol. The first-order valence-electron chi connectivity index (χ1n) is 7.38. The molecule has 0 heterocycles. The smallest absolute Gasteiger partial charge is 0.338 e. The number of esters is 1. The van der Waals surface area contributed by atoms with Gasteiger partial charge in [0.05, 0.1) is 5.56 Å². The van der Waals surface area contributed by atoms with Gasteiger partial charge < -0.3 is 10.1 Å². The van der Waals surface area contributed by atoms with Gasteiger partial charge in [-0.25, -0.2) is 4.79 Å². The molecule has 1 aromatic carbocycles. The van der Waals surface area contributed by atoms with Gasteiger partial charge in [-0.15, -0.1) is 0 Å². The molecule has 0 spiro atoms. The van der Waals surface area contributed by atoms with Gasteiger partial charge in [0.25, 0.3) is 5.91 Å². The van der Waals surface area contributed by atoms with E-state index in [-0.39, 0.29) is 24.1 Å². The van der Waals surface area contributed by atoms with E-state index in [4.69, 9.17) is 27.9 Å². The highest BCUT2D eigenvalue weighted by Crippen LogP contribution is 2.23. The topological polar surface area (TPSA) is 55.4 Å². The molecule has 120 valence electrons. The normalized spacial score (nSPS) is 21.2. The van der Waals surface area contributed by atoms with Crippen LogP contribution in [0, 0.1) is 5.92 Å². The van der Waals surface area contributed by atoms with Crippen molar-refractivity contribution in [1.29, 1.82) is 0 Å². The minimum atomic E-state index is -0.615. The van der Waals surface area contributed by atoms with Crippen molar-refractivity contribution in [3.8, 4) is 0 Å². The van der Waals surface area contributed by atoms with Gasteiger partial charge in [0.2, 0.25) is 0 Å². The Kier molecular flexibility index (Phi) is 6.09. The largest absolute Gasteiger partial charge is 0.452 e. The molecule has 4 nitrogen and oxygen atoms in total. The molecule has 2 rings (SSSR count). The van der Waals surface area contributed by atoms with Crippen LogP contribution in [0.2, 0.25) is 10.0 Å². The number of ether oxygens (including phenoxy) is 1. The molecule has 1 fully saturated rings. The molecule has 0 bridgehead atoms. The summed E-state index contributed by atoms with van der Waals surface area (Å²) >= 11 is 11.7. The number of rotatable bonds is 4. The van der Waals surface area contributed by atoms with E-state index < -0.39 is 5.97 Å². The van der Waals surface area contributed by atoms with E-state index in [2.05, 4.69) is 12.2 Å². The molecule has 6 heteroatoms. The van der Waals surface area contributed by atoms with Gasteiger partial charge >= 0.3 is 5.97 Å². The predicted molar refractivity (Wildman–Crippen MR) is 86.3 cm³/mol. The number of amides is 1. The second kappa shape index (κ2) is 7.84. The molecule has 1 amide bonds. The second-order valence-corrected chi connectivity index (χ2v) is 6.54. The number of hydrogen-bond acceptors (Lipinski definition) is 3. The van der Waals surface area contributed by atoms with Crippen LogP contribution in [0.4, 0.5) is 0 Å². The summed E-state index contributed by atoms with van der Waals surface area (Å²) in [6.45, 7) is 1.83. The highest BCUT2D eigenvalue weighted by Gasteiger charge is 2.23. The fourth-order valence-electron chi connectivity index (χ4n) is 2.67. The lowest BCUT2D eigenvalue weighted by atomic mass is 9.86. The van der Waals surface area contributed by atoms with Crippen molar-refractivity contribution in [2.24, 2.45) is 5.92 Å². The lowest BCUT2D eigenvalue weighted by Gasteiger charge is -2.29. The minimum Gasteiger partial charge on any atom is -0.452 e. The van der Waals surface area contributed by atoms with Crippen molar-refractivity contribution in [1.82, 2.24) is 5.32 Å². The van der Waals surface area contributed by atoms with E-state index in [1.54, 1.807) is 0 Å². The highest BCUT2D eigenvalue weighted by molar-refractivity contribution is 6.35. The third-order valence-electron chi connectivity index (χ3n) is 3.89. The van der Waals surface area contributed by atoms with E-state index in [0.29, 0.717) is 16.0 Å². The number of carbonyl (C=O) groups excluding carboxylic acids is 2. The first-order valence-corrected chi connectivity index (χ1v) is 8.14. The summed E-state index contributed by atoms with van der Waals surface area (Å²) in [6, 6.07) is 4.60. The summed E-state index contributed by atoms with van der Waals surface area (Å²) in [7, 11) is 0. The van der Waals surface area contributed by atoms with Crippen LogP contribution in [0.3, 0.4) is 0 Å². The van der Waals surface area contributed by atoms with Crippen molar-refractivity contribution in [3.05, 3.63) is 33.8 Å².